The first-order valence-electron chi connectivity index (χ1n) is 8.71. The van der Waals surface area contributed by atoms with Crippen LogP contribution in [0.5, 0.6) is 0 Å². The van der Waals surface area contributed by atoms with Crippen LogP contribution in [0, 0.1) is 0 Å². The smallest absolute Gasteiger partial charge is 0.240 e. The number of nitrogens with one attached hydrogen (secondary N) is 1. The van der Waals surface area contributed by atoms with Gasteiger partial charge in [0.25, 0.3) is 0 Å². The fourth-order valence-corrected chi connectivity index (χ4v) is 3.41. The summed E-state index contributed by atoms with van der Waals surface area (Å²) in [5, 5.41) is 7.24. The van der Waals surface area contributed by atoms with E-state index in [1.807, 2.05) is 11.9 Å². The van der Waals surface area contributed by atoms with Gasteiger partial charge >= 0.3 is 0 Å². The number of carbonyl (C=O) groups is 1. The van der Waals surface area contributed by atoms with Gasteiger partial charge in [-0.1, -0.05) is 13.3 Å². The van der Waals surface area contributed by atoms with Crippen molar-refractivity contribution in [2.45, 2.75) is 51.2 Å². The van der Waals surface area contributed by atoms with E-state index in [0.717, 1.165) is 38.1 Å². The summed E-state index contributed by atoms with van der Waals surface area (Å²) in [4.78, 5) is 21.4. The number of aromatic nitrogens is 3. The number of hydrogen-bond acceptors (Lipinski definition) is 5. The molecular formula is C16H27N5O2. The Balaban J connectivity index is 1.64. The van der Waals surface area contributed by atoms with Crippen LogP contribution in [-0.4, -0.2) is 70.2 Å². The standard InChI is InChI=1S/C16H27N5O2/c1-3-6-14-17-15(19-18-14)13-11-21(9-10-23-13)16(22)12-7-4-5-8-20(12)2/h12-13H,3-11H2,1-2H3,(H,17,18,19). The number of carbonyl (C=O) groups excluding carboxylic acids is 1. The molecule has 0 saturated carbocycles. The third-order valence-corrected chi connectivity index (χ3v) is 4.76. The third-order valence-electron chi connectivity index (χ3n) is 4.76. The number of ether oxygens (including phenoxy) is 1. The molecule has 0 bridgehead atoms. The Labute approximate surface area is 137 Å². The number of hydrogen-bond donors (Lipinski definition) is 1. The van der Waals surface area contributed by atoms with Crippen molar-refractivity contribution in [1.82, 2.24) is 25.0 Å². The molecule has 0 radical (unpaired) electrons. The fraction of sp³-hybridized carbons (Fsp3) is 0.812. The highest BCUT2D eigenvalue weighted by Gasteiger charge is 2.34. The van der Waals surface area contributed by atoms with Crippen molar-refractivity contribution in [2.24, 2.45) is 0 Å². The van der Waals surface area contributed by atoms with Gasteiger partial charge in [0, 0.05) is 13.0 Å². The molecule has 7 heteroatoms. The predicted molar refractivity (Wildman–Crippen MR) is 85.9 cm³/mol. The van der Waals surface area contributed by atoms with Crippen LogP contribution in [0.1, 0.15) is 50.4 Å². The molecule has 2 fully saturated rings. The summed E-state index contributed by atoms with van der Waals surface area (Å²) in [6, 6.07) is 0.0188. The van der Waals surface area contributed by atoms with E-state index in [4.69, 9.17) is 4.74 Å². The molecule has 1 amide bonds. The number of piperidine rings is 1. The van der Waals surface area contributed by atoms with Crippen molar-refractivity contribution in [1.29, 1.82) is 0 Å². The number of rotatable bonds is 4. The van der Waals surface area contributed by atoms with Crippen LogP contribution in [0.2, 0.25) is 0 Å². The minimum absolute atomic E-state index is 0.0188. The van der Waals surface area contributed by atoms with Crippen LogP contribution < -0.4 is 0 Å². The summed E-state index contributed by atoms with van der Waals surface area (Å²) >= 11 is 0. The normalized spacial score (nSPS) is 26.4. The van der Waals surface area contributed by atoms with Crippen LogP contribution in [-0.2, 0) is 16.0 Å². The van der Waals surface area contributed by atoms with Gasteiger partial charge in [-0.15, -0.1) is 0 Å². The van der Waals surface area contributed by atoms with Gasteiger partial charge in [-0.25, -0.2) is 4.98 Å². The molecular weight excluding hydrogens is 294 g/mol. The Morgan fingerprint density at radius 2 is 2.26 bits per heavy atom. The predicted octanol–water partition coefficient (Wildman–Crippen LogP) is 1.14. The van der Waals surface area contributed by atoms with Crippen molar-refractivity contribution >= 4 is 5.91 Å². The Hall–Kier alpha value is -1.47. The average Bonchev–Trinajstić information content (AvgIpc) is 3.04. The number of aryl methyl sites for hydroxylation is 1. The zero-order chi connectivity index (χ0) is 16.2. The number of likely N-dealkylation sites (tertiary alicyclic amines) is 1. The molecule has 2 saturated heterocycles. The van der Waals surface area contributed by atoms with Gasteiger partial charge in [0.1, 0.15) is 11.9 Å². The Morgan fingerprint density at radius 1 is 1.39 bits per heavy atom. The van der Waals surface area contributed by atoms with Crippen molar-refractivity contribution in [3.05, 3.63) is 11.6 Å². The van der Waals surface area contributed by atoms with E-state index in [1.165, 1.54) is 6.42 Å². The maximum absolute atomic E-state index is 12.8. The summed E-state index contributed by atoms with van der Waals surface area (Å²) in [7, 11) is 2.05. The molecule has 3 heterocycles. The highest BCUT2D eigenvalue weighted by Crippen LogP contribution is 2.23. The molecule has 7 nitrogen and oxygen atoms in total. The van der Waals surface area contributed by atoms with E-state index in [1.54, 1.807) is 0 Å². The van der Waals surface area contributed by atoms with Crippen LogP contribution in [0.15, 0.2) is 0 Å². The summed E-state index contributed by atoms with van der Waals surface area (Å²) in [5.74, 6) is 1.79. The van der Waals surface area contributed by atoms with Crippen LogP contribution >= 0.6 is 0 Å². The highest BCUT2D eigenvalue weighted by molar-refractivity contribution is 5.82. The molecule has 2 aliphatic rings. The van der Waals surface area contributed by atoms with Crippen LogP contribution in [0.4, 0.5) is 0 Å². The number of nitrogens with zero attached hydrogens (tertiary/aromatic N) is 4. The van der Waals surface area contributed by atoms with Gasteiger partial charge in [0.05, 0.1) is 19.2 Å². The molecule has 3 rings (SSSR count). The molecule has 0 spiro atoms. The minimum Gasteiger partial charge on any atom is -0.366 e. The first-order chi connectivity index (χ1) is 11.2. The number of morpholine rings is 1. The van der Waals surface area contributed by atoms with Gasteiger partial charge in [0.15, 0.2) is 5.82 Å². The van der Waals surface area contributed by atoms with Crippen molar-refractivity contribution in [3.8, 4) is 0 Å². The second kappa shape index (κ2) is 7.40. The zero-order valence-electron chi connectivity index (χ0n) is 14.1. The minimum atomic E-state index is -0.219. The highest BCUT2D eigenvalue weighted by atomic mass is 16.5. The van der Waals surface area contributed by atoms with Gasteiger partial charge < -0.3 is 9.64 Å². The molecule has 128 valence electrons. The van der Waals surface area contributed by atoms with Crippen molar-refractivity contribution in [3.63, 3.8) is 0 Å². The number of likely N-dealkylation sites (N-methyl/N-ethyl adjacent to an activating group) is 1. The molecule has 23 heavy (non-hydrogen) atoms. The number of aromatic amines is 1. The lowest BCUT2D eigenvalue weighted by Gasteiger charge is -2.38. The molecule has 2 atom stereocenters. The number of H-pyrrole nitrogens is 1. The average molecular weight is 321 g/mol. The van der Waals surface area contributed by atoms with Crippen LogP contribution in [0.25, 0.3) is 0 Å². The molecule has 1 N–H and O–H groups in total. The lowest BCUT2D eigenvalue weighted by atomic mass is 10.0. The molecule has 2 aliphatic heterocycles. The van der Waals surface area contributed by atoms with E-state index in [0.29, 0.717) is 25.5 Å². The molecule has 1 aromatic rings. The van der Waals surface area contributed by atoms with Crippen LogP contribution in [0.3, 0.4) is 0 Å². The Kier molecular flexibility index (Phi) is 5.27. The molecule has 2 unspecified atom stereocenters. The maximum Gasteiger partial charge on any atom is 0.240 e. The largest absolute Gasteiger partial charge is 0.366 e. The summed E-state index contributed by atoms with van der Waals surface area (Å²) in [6.07, 6.45) is 4.97. The first-order valence-corrected chi connectivity index (χ1v) is 8.71. The zero-order valence-corrected chi connectivity index (χ0v) is 14.1. The van der Waals surface area contributed by atoms with Gasteiger partial charge in [-0.2, -0.15) is 5.10 Å². The van der Waals surface area contributed by atoms with Gasteiger partial charge in [0.2, 0.25) is 5.91 Å². The van der Waals surface area contributed by atoms with E-state index in [2.05, 4.69) is 27.0 Å². The summed E-state index contributed by atoms with van der Waals surface area (Å²) < 4.78 is 5.80. The molecule has 0 aliphatic carbocycles. The monoisotopic (exact) mass is 321 g/mol. The second-order valence-corrected chi connectivity index (χ2v) is 6.53. The van der Waals surface area contributed by atoms with E-state index in [-0.39, 0.29) is 18.1 Å². The van der Waals surface area contributed by atoms with E-state index in [9.17, 15) is 4.79 Å². The summed E-state index contributed by atoms with van der Waals surface area (Å²) in [6.45, 7) is 4.87. The van der Waals surface area contributed by atoms with E-state index < -0.39 is 0 Å². The topological polar surface area (TPSA) is 74.3 Å². The Morgan fingerprint density at radius 3 is 3.04 bits per heavy atom. The van der Waals surface area contributed by atoms with Gasteiger partial charge in [-0.3, -0.25) is 14.8 Å². The molecule has 1 aromatic heterocycles. The second-order valence-electron chi connectivity index (χ2n) is 6.53. The lowest BCUT2D eigenvalue weighted by molar-refractivity contribution is -0.145. The lowest BCUT2D eigenvalue weighted by Crippen LogP contribution is -2.52. The first kappa shape index (κ1) is 16.4. The van der Waals surface area contributed by atoms with Crippen molar-refractivity contribution < 1.29 is 9.53 Å². The SMILES string of the molecule is CCCc1nc(C2CN(C(=O)C3CCCCN3C)CCO2)n[nH]1. The summed E-state index contributed by atoms with van der Waals surface area (Å²) in [5.41, 5.74) is 0. The van der Waals surface area contributed by atoms with Crippen molar-refractivity contribution in [2.75, 3.05) is 33.3 Å². The quantitative estimate of drug-likeness (QED) is 0.900. The van der Waals surface area contributed by atoms with E-state index >= 15 is 0 Å². The fourth-order valence-electron chi connectivity index (χ4n) is 3.41. The number of amides is 1. The molecule has 0 aromatic carbocycles. The van der Waals surface area contributed by atoms with Gasteiger partial charge in [-0.05, 0) is 32.9 Å². The Bertz CT molecular complexity index is 532. The third kappa shape index (κ3) is 3.72. The maximum atomic E-state index is 12.8.